The van der Waals surface area contributed by atoms with Gasteiger partial charge in [0.15, 0.2) is 11.5 Å². The first-order chi connectivity index (χ1) is 13.6. The van der Waals surface area contributed by atoms with Crippen molar-refractivity contribution in [2.24, 2.45) is 0 Å². The lowest BCUT2D eigenvalue weighted by Crippen LogP contribution is -2.47. The summed E-state index contributed by atoms with van der Waals surface area (Å²) in [6.07, 6.45) is -1.36. The first-order valence-corrected chi connectivity index (χ1v) is 9.71. The van der Waals surface area contributed by atoms with Crippen molar-refractivity contribution in [2.45, 2.75) is 50.6 Å². The van der Waals surface area contributed by atoms with E-state index in [4.69, 9.17) is 14.2 Å². The van der Waals surface area contributed by atoms with Crippen LogP contribution in [0.15, 0.2) is 36.4 Å². The number of rotatable bonds is 5. The Morgan fingerprint density at radius 1 is 1.04 bits per heavy atom. The van der Waals surface area contributed by atoms with E-state index in [2.05, 4.69) is 31.2 Å². The summed E-state index contributed by atoms with van der Waals surface area (Å²) in [4.78, 5) is 0. The molecule has 6 nitrogen and oxygen atoms in total. The Labute approximate surface area is 164 Å². The number of fused-ring (bicyclic) bond motifs is 1. The zero-order valence-corrected chi connectivity index (χ0v) is 15.9. The van der Waals surface area contributed by atoms with Gasteiger partial charge in [-0.2, -0.15) is 0 Å². The fraction of sp³-hybridized carbons (Fsp3) is 0.455. The van der Waals surface area contributed by atoms with Crippen LogP contribution in [-0.4, -0.2) is 47.0 Å². The third kappa shape index (κ3) is 3.73. The van der Waals surface area contributed by atoms with Gasteiger partial charge in [-0.15, -0.1) is 0 Å². The summed E-state index contributed by atoms with van der Waals surface area (Å²) in [5, 5.41) is 29.6. The number of ether oxygens (including phenoxy) is 3. The first kappa shape index (κ1) is 19.2. The number of aliphatic hydroxyl groups is 3. The third-order valence-electron chi connectivity index (χ3n) is 5.52. The first-order valence-electron chi connectivity index (χ1n) is 9.71. The van der Waals surface area contributed by atoms with Crippen molar-refractivity contribution in [2.75, 3.05) is 13.4 Å². The van der Waals surface area contributed by atoms with Crippen LogP contribution in [0.3, 0.4) is 0 Å². The van der Waals surface area contributed by atoms with Gasteiger partial charge in [0, 0.05) is 18.4 Å². The van der Waals surface area contributed by atoms with Crippen LogP contribution >= 0.6 is 0 Å². The van der Waals surface area contributed by atoms with Crippen molar-refractivity contribution in [3.8, 4) is 11.5 Å². The number of benzene rings is 2. The van der Waals surface area contributed by atoms with E-state index >= 15 is 0 Å². The quantitative estimate of drug-likeness (QED) is 0.730. The topological polar surface area (TPSA) is 88.4 Å². The van der Waals surface area contributed by atoms with E-state index in [1.165, 1.54) is 11.1 Å². The van der Waals surface area contributed by atoms with Gasteiger partial charge in [-0.3, -0.25) is 0 Å². The zero-order chi connectivity index (χ0) is 19.7. The standard InChI is InChI=1S/C22H26O6/c1-2-13-3-5-14(6-4-13)7-16-8-15(9-19-22(16)27-12-26-19)18-10-17(24)21(25)20(11-23)28-18/h3-6,8-9,17-18,20-21,23-25H,2,7,10-12H2,1H3/t17-,18-,20-,21?/m1/s1. The van der Waals surface area contributed by atoms with E-state index in [9.17, 15) is 15.3 Å². The second kappa shape index (κ2) is 8.09. The fourth-order valence-corrected chi connectivity index (χ4v) is 3.86. The van der Waals surface area contributed by atoms with Gasteiger partial charge in [-0.05, 0) is 35.2 Å². The highest BCUT2D eigenvalue weighted by Crippen LogP contribution is 2.42. The van der Waals surface area contributed by atoms with Gasteiger partial charge in [-0.1, -0.05) is 31.2 Å². The number of aliphatic hydroxyl groups excluding tert-OH is 3. The highest BCUT2D eigenvalue weighted by molar-refractivity contribution is 5.53. The molecular formula is C22H26O6. The molecule has 28 heavy (non-hydrogen) atoms. The summed E-state index contributed by atoms with van der Waals surface area (Å²) in [5.74, 6) is 1.39. The Morgan fingerprint density at radius 3 is 2.50 bits per heavy atom. The van der Waals surface area contributed by atoms with E-state index in [0.717, 1.165) is 23.3 Å². The molecule has 6 heteroatoms. The highest BCUT2D eigenvalue weighted by Gasteiger charge is 2.37. The van der Waals surface area contributed by atoms with Crippen LogP contribution in [0.25, 0.3) is 0 Å². The minimum atomic E-state index is -1.09. The summed E-state index contributed by atoms with van der Waals surface area (Å²) in [6, 6.07) is 12.4. The van der Waals surface area contributed by atoms with Crippen LogP contribution in [0.1, 0.15) is 41.7 Å². The third-order valence-corrected chi connectivity index (χ3v) is 5.52. The number of hydrogen-bond acceptors (Lipinski definition) is 6. The van der Waals surface area contributed by atoms with Gasteiger partial charge >= 0.3 is 0 Å². The van der Waals surface area contributed by atoms with Crippen molar-refractivity contribution in [3.63, 3.8) is 0 Å². The summed E-state index contributed by atoms with van der Waals surface area (Å²) < 4.78 is 17.1. The van der Waals surface area contributed by atoms with Crippen LogP contribution in [0.2, 0.25) is 0 Å². The van der Waals surface area contributed by atoms with Crippen LogP contribution in [0.5, 0.6) is 11.5 Å². The van der Waals surface area contributed by atoms with E-state index in [0.29, 0.717) is 12.2 Å². The van der Waals surface area contributed by atoms with Gasteiger partial charge in [0.05, 0.1) is 18.8 Å². The molecule has 1 saturated heterocycles. The lowest BCUT2D eigenvalue weighted by atomic mass is 9.92. The van der Waals surface area contributed by atoms with E-state index in [1.807, 2.05) is 12.1 Å². The molecule has 0 saturated carbocycles. The van der Waals surface area contributed by atoms with Gasteiger partial charge in [0.1, 0.15) is 12.2 Å². The van der Waals surface area contributed by atoms with E-state index in [-0.39, 0.29) is 19.8 Å². The molecule has 1 unspecified atom stereocenters. The van der Waals surface area contributed by atoms with Gasteiger partial charge in [-0.25, -0.2) is 0 Å². The molecule has 4 rings (SSSR count). The molecule has 2 aromatic carbocycles. The maximum Gasteiger partial charge on any atom is 0.231 e. The summed E-state index contributed by atoms with van der Waals surface area (Å²) in [6.45, 7) is 1.95. The monoisotopic (exact) mass is 386 g/mol. The highest BCUT2D eigenvalue weighted by atomic mass is 16.7. The minimum Gasteiger partial charge on any atom is -0.454 e. The Hall–Kier alpha value is -2.12. The molecule has 2 aliphatic heterocycles. The van der Waals surface area contributed by atoms with Gasteiger partial charge in [0.2, 0.25) is 6.79 Å². The molecular weight excluding hydrogens is 360 g/mol. The molecule has 4 atom stereocenters. The molecule has 0 bridgehead atoms. The number of aryl methyl sites for hydroxylation is 1. The Bertz CT molecular complexity index is 819. The average molecular weight is 386 g/mol. The van der Waals surface area contributed by atoms with Crippen LogP contribution in [0, 0.1) is 0 Å². The smallest absolute Gasteiger partial charge is 0.231 e. The van der Waals surface area contributed by atoms with Crippen molar-refractivity contribution in [1.82, 2.24) is 0 Å². The van der Waals surface area contributed by atoms with Crippen LogP contribution < -0.4 is 9.47 Å². The normalized spacial score (nSPS) is 26.4. The molecule has 3 N–H and O–H groups in total. The minimum absolute atomic E-state index is 0.173. The number of hydrogen-bond donors (Lipinski definition) is 3. The Balaban J connectivity index is 1.63. The lowest BCUT2D eigenvalue weighted by molar-refractivity contribution is -0.181. The molecule has 0 aromatic heterocycles. The van der Waals surface area contributed by atoms with E-state index in [1.54, 1.807) is 0 Å². The largest absolute Gasteiger partial charge is 0.454 e. The summed E-state index contributed by atoms with van der Waals surface area (Å²) >= 11 is 0. The molecule has 1 fully saturated rings. The Kier molecular flexibility index (Phi) is 5.55. The van der Waals surface area contributed by atoms with Crippen molar-refractivity contribution in [3.05, 3.63) is 58.7 Å². The van der Waals surface area contributed by atoms with Gasteiger partial charge in [0.25, 0.3) is 0 Å². The molecule has 2 aromatic rings. The van der Waals surface area contributed by atoms with Crippen molar-refractivity contribution >= 4 is 0 Å². The molecule has 2 heterocycles. The van der Waals surface area contributed by atoms with Gasteiger partial charge < -0.3 is 29.5 Å². The summed E-state index contributed by atoms with van der Waals surface area (Å²) in [7, 11) is 0. The molecule has 2 aliphatic rings. The second-order valence-corrected chi connectivity index (χ2v) is 7.40. The average Bonchev–Trinajstić information content (AvgIpc) is 3.19. The lowest BCUT2D eigenvalue weighted by Gasteiger charge is -2.36. The van der Waals surface area contributed by atoms with Crippen molar-refractivity contribution in [1.29, 1.82) is 0 Å². The molecule has 150 valence electrons. The zero-order valence-electron chi connectivity index (χ0n) is 15.9. The van der Waals surface area contributed by atoms with Crippen LogP contribution in [0.4, 0.5) is 0 Å². The fourth-order valence-electron chi connectivity index (χ4n) is 3.86. The summed E-state index contributed by atoms with van der Waals surface area (Å²) in [5.41, 5.74) is 4.29. The molecule has 0 spiro atoms. The molecule has 0 amide bonds. The second-order valence-electron chi connectivity index (χ2n) is 7.40. The maximum absolute atomic E-state index is 10.2. The SMILES string of the molecule is CCc1ccc(Cc2cc([C@H]3C[C@@H](O)C(O)[C@@H](CO)O3)cc3c2OCO3)cc1. The predicted molar refractivity (Wildman–Crippen MR) is 103 cm³/mol. The maximum atomic E-state index is 10.2. The van der Waals surface area contributed by atoms with E-state index < -0.39 is 24.4 Å². The molecule has 0 radical (unpaired) electrons. The molecule has 0 aliphatic carbocycles. The Morgan fingerprint density at radius 2 is 1.79 bits per heavy atom. The van der Waals surface area contributed by atoms with Crippen LogP contribution in [-0.2, 0) is 17.6 Å². The predicted octanol–water partition coefficient (Wildman–Crippen LogP) is 2.11. The van der Waals surface area contributed by atoms with Crippen molar-refractivity contribution < 1.29 is 29.5 Å².